The highest BCUT2D eigenvalue weighted by Gasteiger charge is 2.43. The molecule has 0 spiro atoms. The first kappa shape index (κ1) is 17.9. The number of amides is 1. The molecule has 2 saturated carbocycles. The van der Waals surface area contributed by atoms with Crippen LogP contribution in [0.1, 0.15) is 25.7 Å². The molecule has 8 heteroatoms. The van der Waals surface area contributed by atoms with Crippen molar-refractivity contribution in [3.63, 3.8) is 0 Å². The molecule has 3 fully saturated rings. The van der Waals surface area contributed by atoms with E-state index in [1.54, 1.807) is 0 Å². The largest absolute Gasteiger partial charge is 0.379 e. The van der Waals surface area contributed by atoms with Crippen LogP contribution in [0.4, 0.5) is 10.1 Å². The van der Waals surface area contributed by atoms with Crippen LogP contribution in [0, 0.1) is 23.6 Å². The van der Waals surface area contributed by atoms with Gasteiger partial charge in [0.15, 0.2) is 0 Å². The Morgan fingerprint density at radius 3 is 2.62 bits per heavy atom. The second-order valence-electron chi connectivity index (χ2n) is 7.43. The number of halogens is 1. The van der Waals surface area contributed by atoms with Crippen LogP contribution < -0.4 is 5.32 Å². The molecular formula is C18H23FN2O4S. The summed E-state index contributed by atoms with van der Waals surface area (Å²) in [6, 6.07) is 3.74. The van der Waals surface area contributed by atoms with Gasteiger partial charge >= 0.3 is 0 Å². The lowest BCUT2D eigenvalue weighted by molar-refractivity contribution is -0.121. The lowest BCUT2D eigenvalue weighted by Crippen LogP contribution is -2.41. The standard InChI is InChI=1S/C18H23FN2O4S/c19-16-4-3-14(20-18(22)15-10-12-1-2-13(15)9-12)11-17(16)26(23,24)21-5-7-25-8-6-21/h3-4,11-13,15H,1-2,5-10H2,(H,20,22). The zero-order chi connectivity index (χ0) is 18.3. The van der Waals surface area contributed by atoms with Crippen LogP contribution in [0.5, 0.6) is 0 Å². The van der Waals surface area contributed by atoms with E-state index < -0.39 is 20.7 Å². The molecule has 2 aliphatic carbocycles. The zero-order valence-electron chi connectivity index (χ0n) is 14.5. The number of anilines is 1. The number of sulfonamides is 1. The summed E-state index contributed by atoms with van der Waals surface area (Å²) < 4.78 is 46.1. The van der Waals surface area contributed by atoms with Crippen molar-refractivity contribution in [2.24, 2.45) is 17.8 Å². The van der Waals surface area contributed by atoms with Gasteiger partial charge < -0.3 is 10.1 Å². The Kier molecular flexibility index (Phi) is 4.75. The van der Waals surface area contributed by atoms with Crippen LogP contribution in [-0.4, -0.2) is 44.9 Å². The maximum absolute atomic E-state index is 14.2. The van der Waals surface area contributed by atoms with Gasteiger partial charge in [-0.25, -0.2) is 12.8 Å². The van der Waals surface area contributed by atoms with Crippen LogP contribution in [0.25, 0.3) is 0 Å². The number of rotatable bonds is 4. The Hall–Kier alpha value is -1.51. The van der Waals surface area contributed by atoms with Crippen LogP contribution in [0.2, 0.25) is 0 Å². The van der Waals surface area contributed by atoms with E-state index in [0.717, 1.165) is 25.3 Å². The molecule has 1 aromatic carbocycles. The van der Waals surface area contributed by atoms with E-state index in [9.17, 15) is 17.6 Å². The molecule has 3 aliphatic rings. The quantitative estimate of drug-likeness (QED) is 0.866. The van der Waals surface area contributed by atoms with Gasteiger partial charge in [0.1, 0.15) is 10.7 Å². The van der Waals surface area contributed by atoms with E-state index in [-0.39, 0.29) is 24.9 Å². The van der Waals surface area contributed by atoms with Crippen molar-refractivity contribution in [1.29, 1.82) is 0 Å². The number of hydrogen-bond acceptors (Lipinski definition) is 4. The van der Waals surface area contributed by atoms with Gasteiger partial charge in [0.05, 0.1) is 13.2 Å². The first-order valence-electron chi connectivity index (χ1n) is 9.13. The van der Waals surface area contributed by atoms with Crippen molar-refractivity contribution in [2.75, 3.05) is 31.6 Å². The van der Waals surface area contributed by atoms with Gasteiger partial charge in [0.25, 0.3) is 0 Å². The molecule has 2 bridgehead atoms. The maximum Gasteiger partial charge on any atom is 0.246 e. The Bertz CT molecular complexity index is 807. The third kappa shape index (κ3) is 3.25. The fourth-order valence-corrected chi connectivity index (χ4v) is 6.00. The Morgan fingerprint density at radius 1 is 1.19 bits per heavy atom. The summed E-state index contributed by atoms with van der Waals surface area (Å²) in [6.45, 7) is 0.982. The minimum atomic E-state index is -3.95. The SMILES string of the molecule is O=C(Nc1ccc(F)c(S(=O)(=O)N2CCOCC2)c1)C1CC2CCC1C2. The Balaban J connectivity index is 1.53. The molecule has 3 atom stereocenters. The summed E-state index contributed by atoms with van der Waals surface area (Å²) >= 11 is 0. The molecule has 26 heavy (non-hydrogen) atoms. The fourth-order valence-electron chi connectivity index (χ4n) is 4.51. The van der Waals surface area contributed by atoms with Crippen molar-refractivity contribution >= 4 is 21.6 Å². The number of carbonyl (C=O) groups is 1. The molecule has 4 rings (SSSR count). The highest BCUT2D eigenvalue weighted by atomic mass is 32.2. The number of carbonyl (C=O) groups excluding carboxylic acids is 1. The molecule has 142 valence electrons. The van der Waals surface area contributed by atoms with Crippen LogP contribution in [0.3, 0.4) is 0 Å². The third-order valence-electron chi connectivity index (χ3n) is 5.86. The van der Waals surface area contributed by atoms with Gasteiger partial charge in [-0.05, 0) is 49.3 Å². The van der Waals surface area contributed by atoms with Crippen molar-refractivity contribution in [1.82, 2.24) is 4.31 Å². The van der Waals surface area contributed by atoms with E-state index in [1.807, 2.05) is 0 Å². The normalized spacial score (nSPS) is 29.0. The number of morpholine rings is 1. The van der Waals surface area contributed by atoms with Crippen molar-refractivity contribution < 1.29 is 22.3 Å². The van der Waals surface area contributed by atoms with E-state index in [1.165, 1.54) is 22.9 Å². The van der Waals surface area contributed by atoms with E-state index in [0.29, 0.717) is 30.7 Å². The van der Waals surface area contributed by atoms with Crippen LogP contribution in [0.15, 0.2) is 23.1 Å². The van der Waals surface area contributed by atoms with E-state index in [4.69, 9.17) is 4.74 Å². The molecule has 1 aliphatic heterocycles. The summed E-state index contributed by atoms with van der Waals surface area (Å²) in [5.74, 6) is 0.157. The van der Waals surface area contributed by atoms with Crippen molar-refractivity contribution in [3.05, 3.63) is 24.0 Å². The lowest BCUT2D eigenvalue weighted by atomic mass is 9.88. The van der Waals surface area contributed by atoms with Gasteiger partial charge in [-0.2, -0.15) is 4.31 Å². The highest BCUT2D eigenvalue weighted by molar-refractivity contribution is 7.89. The van der Waals surface area contributed by atoms with E-state index >= 15 is 0 Å². The minimum absolute atomic E-state index is 0.0156. The molecule has 1 amide bonds. The van der Waals surface area contributed by atoms with Gasteiger partial charge in [-0.15, -0.1) is 0 Å². The molecule has 6 nitrogen and oxygen atoms in total. The first-order chi connectivity index (χ1) is 12.4. The number of ether oxygens (including phenoxy) is 1. The molecule has 0 aromatic heterocycles. The topological polar surface area (TPSA) is 75.7 Å². The molecule has 1 N–H and O–H groups in total. The molecule has 3 unspecified atom stereocenters. The fraction of sp³-hybridized carbons (Fsp3) is 0.611. The summed E-state index contributed by atoms with van der Waals surface area (Å²) in [5.41, 5.74) is 0.325. The minimum Gasteiger partial charge on any atom is -0.379 e. The Labute approximate surface area is 152 Å². The summed E-state index contributed by atoms with van der Waals surface area (Å²) in [4.78, 5) is 12.2. The smallest absolute Gasteiger partial charge is 0.246 e. The first-order valence-corrected chi connectivity index (χ1v) is 10.6. The summed E-state index contributed by atoms with van der Waals surface area (Å²) in [7, 11) is -3.95. The monoisotopic (exact) mass is 382 g/mol. The predicted molar refractivity (Wildman–Crippen MR) is 93.5 cm³/mol. The number of benzene rings is 1. The molecule has 1 saturated heterocycles. The molecule has 1 aromatic rings. The molecular weight excluding hydrogens is 359 g/mol. The number of nitrogens with one attached hydrogen (secondary N) is 1. The zero-order valence-corrected chi connectivity index (χ0v) is 15.3. The van der Waals surface area contributed by atoms with Gasteiger partial charge in [-0.3, -0.25) is 4.79 Å². The third-order valence-corrected chi connectivity index (χ3v) is 7.78. The van der Waals surface area contributed by atoms with E-state index in [2.05, 4.69) is 5.32 Å². The van der Waals surface area contributed by atoms with Gasteiger partial charge in [0.2, 0.25) is 15.9 Å². The van der Waals surface area contributed by atoms with Crippen LogP contribution in [-0.2, 0) is 19.6 Å². The highest BCUT2D eigenvalue weighted by Crippen LogP contribution is 2.48. The average Bonchev–Trinajstić information content (AvgIpc) is 3.27. The van der Waals surface area contributed by atoms with Gasteiger partial charge in [0, 0.05) is 24.7 Å². The predicted octanol–water partition coefficient (Wildman–Crippen LogP) is 2.22. The second-order valence-corrected chi connectivity index (χ2v) is 9.34. The van der Waals surface area contributed by atoms with Crippen molar-refractivity contribution in [3.8, 4) is 0 Å². The Morgan fingerprint density at radius 2 is 1.96 bits per heavy atom. The van der Waals surface area contributed by atoms with Gasteiger partial charge in [-0.1, -0.05) is 6.42 Å². The average molecular weight is 382 g/mol. The summed E-state index contributed by atoms with van der Waals surface area (Å²) in [5, 5.41) is 2.80. The number of nitrogens with zero attached hydrogens (tertiary/aromatic N) is 1. The molecule has 1 heterocycles. The van der Waals surface area contributed by atoms with Crippen LogP contribution >= 0.6 is 0 Å². The van der Waals surface area contributed by atoms with Crippen molar-refractivity contribution in [2.45, 2.75) is 30.6 Å². The summed E-state index contributed by atoms with van der Waals surface area (Å²) in [6.07, 6.45) is 4.30. The number of fused-ring (bicyclic) bond motifs is 2. The number of hydrogen-bond donors (Lipinski definition) is 1. The maximum atomic E-state index is 14.2. The molecule has 0 radical (unpaired) electrons. The lowest BCUT2D eigenvalue weighted by Gasteiger charge is -2.26. The second kappa shape index (κ2) is 6.90.